The first-order chi connectivity index (χ1) is 20.4. The van der Waals surface area contributed by atoms with Crippen molar-refractivity contribution in [2.45, 2.75) is 56.1 Å². The van der Waals surface area contributed by atoms with Crippen molar-refractivity contribution in [3.8, 4) is 11.1 Å². The molecule has 0 bridgehead atoms. The maximum atomic E-state index is 13.5. The van der Waals surface area contributed by atoms with E-state index in [1.807, 2.05) is 42.5 Å². The molecule has 2 N–H and O–H groups in total. The number of carbonyl (C=O) groups excluding carboxylic acids is 2. The Hall–Kier alpha value is -4.17. The first-order valence-electron chi connectivity index (χ1n) is 14.8. The van der Waals surface area contributed by atoms with Crippen molar-refractivity contribution in [2.75, 3.05) is 26.2 Å². The number of nitrogens with zero attached hydrogens (tertiary/aromatic N) is 2. The molecule has 6 rings (SSSR count). The Morgan fingerprint density at radius 1 is 0.857 bits per heavy atom. The Balaban J connectivity index is 1.15. The Bertz CT molecular complexity index is 1400. The van der Waals surface area contributed by atoms with Crippen LogP contribution in [0.1, 0.15) is 54.7 Å². The fourth-order valence-corrected chi connectivity index (χ4v) is 6.89. The van der Waals surface area contributed by atoms with Crippen LogP contribution in [0.3, 0.4) is 0 Å². The molecule has 42 heavy (non-hydrogen) atoms. The van der Waals surface area contributed by atoms with Crippen LogP contribution in [0, 0.1) is 0 Å². The molecule has 2 fully saturated rings. The first kappa shape index (κ1) is 28.0. The van der Waals surface area contributed by atoms with Gasteiger partial charge in [-0.3, -0.25) is 9.69 Å². The molecule has 2 aliphatic heterocycles. The number of alkyl carbamates (subject to hydrolysis) is 1. The normalized spacial score (nSPS) is 19.6. The van der Waals surface area contributed by atoms with Crippen LogP contribution in [0.25, 0.3) is 11.1 Å². The number of hydrogen-bond acceptors (Lipinski definition) is 5. The number of ether oxygens (including phenoxy) is 1. The molecule has 8 nitrogen and oxygen atoms in total. The Labute approximate surface area is 246 Å². The minimum atomic E-state index is -0.975. The third-order valence-electron chi connectivity index (χ3n) is 9.12. The number of piperidine rings is 1. The lowest BCUT2D eigenvalue weighted by Crippen LogP contribution is -2.58. The standard InChI is InChI=1S/C34H37N3O5/c38-31(37-18-8-15-30(37)32(39)40)21-34(16-19-36(20-17-34)22-24-9-2-1-3-10-24)35-33(41)42-23-29-27-13-6-4-11-25(27)26-12-5-7-14-28(26)29/h1-7,9-14,29-30H,8,15-23H2,(H,35,41)(H,39,40). The largest absolute Gasteiger partial charge is 0.480 e. The highest BCUT2D eigenvalue weighted by molar-refractivity contribution is 5.85. The van der Waals surface area contributed by atoms with Gasteiger partial charge in [0.1, 0.15) is 12.6 Å². The summed E-state index contributed by atoms with van der Waals surface area (Å²) in [7, 11) is 0. The van der Waals surface area contributed by atoms with Gasteiger partial charge in [0.2, 0.25) is 5.91 Å². The average molecular weight is 568 g/mol. The van der Waals surface area contributed by atoms with E-state index < -0.39 is 23.6 Å². The van der Waals surface area contributed by atoms with E-state index in [1.54, 1.807) is 0 Å². The molecule has 2 heterocycles. The number of carboxylic acid groups (broad SMARTS) is 1. The van der Waals surface area contributed by atoms with E-state index in [0.717, 1.165) is 28.8 Å². The zero-order valence-corrected chi connectivity index (χ0v) is 23.7. The average Bonchev–Trinajstić information content (AvgIpc) is 3.62. The van der Waals surface area contributed by atoms with Gasteiger partial charge in [-0.25, -0.2) is 9.59 Å². The first-order valence-corrected chi connectivity index (χ1v) is 14.8. The predicted molar refractivity (Wildman–Crippen MR) is 159 cm³/mol. The molecule has 1 aliphatic carbocycles. The molecule has 1 unspecified atom stereocenters. The van der Waals surface area contributed by atoms with Crippen LogP contribution in [0.2, 0.25) is 0 Å². The van der Waals surface area contributed by atoms with Crippen LogP contribution in [-0.2, 0) is 20.9 Å². The topological polar surface area (TPSA) is 99.2 Å². The van der Waals surface area contributed by atoms with Gasteiger partial charge in [0.25, 0.3) is 0 Å². The molecule has 3 aromatic rings. The van der Waals surface area contributed by atoms with Gasteiger partial charge in [0.05, 0.1) is 12.0 Å². The number of aliphatic carboxylic acids is 1. The summed E-state index contributed by atoms with van der Waals surface area (Å²) in [6, 6.07) is 25.8. The molecular weight excluding hydrogens is 530 g/mol. The molecule has 8 heteroatoms. The number of amides is 2. The van der Waals surface area contributed by atoms with Crippen LogP contribution in [0.15, 0.2) is 78.9 Å². The summed E-state index contributed by atoms with van der Waals surface area (Å²) in [5.74, 6) is -1.26. The number of hydrogen-bond donors (Lipinski definition) is 2. The second kappa shape index (κ2) is 12.0. The van der Waals surface area contributed by atoms with Gasteiger partial charge in [0.15, 0.2) is 0 Å². The number of nitrogens with one attached hydrogen (secondary N) is 1. The molecule has 0 aromatic heterocycles. The summed E-state index contributed by atoms with van der Waals surface area (Å²) >= 11 is 0. The van der Waals surface area contributed by atoms with Gasteiger partial charge < -0.3 is 20.1 Å². The van der Waals surface area contributed by atoms with Crippen molar-refractivity contribution in [3.63, 3.8) is 0 Å². The van der Waals surface area contributed by atoms with E-state index in [1.165, 1.54) is 10.5 Å². The zero-order chi connectivity index (χ0) is 29.1. The second-order valence-corrected chi connectivity index (χ2v) is 11.8. The van der Waals surface area contributed by atoms with Crippen LogP contribution >= 0.6 is 0 Å². The number of fused-ring (bicyclic) bond motifs is 3. The number of benzene rings is 3. The Morgan fingerprint density at radius 3 is 2.12 bits per heavy atom. The summed E-state index contributed by atoms with van der Waals surface area (Å²) < 4.78 is 5.87. The fourth-order valence-electron chi connectivity index (χ4n) is 6.89. The lowest BCUT2D eigenvalue weighted by Gasteiger charge is -2.42. The number of carbonyl (C=O) groups is 3. The lowest BCUT2D eigenvalue weighted by atomic mass is 9.83. The molecule has 0 saturated carbocycles. The molecule has 1 atom stereocenters. The van der Waals surface area contributed by atoms with E-state index in [-0.39, 0.29) is 24.9 Å². The maximum absolute atomic E-state index is 13.5. The van der Waals surface area contributed by atoms with Crippen molar-refractivity contribution < 1.29 is 24.2 Å². The summed E-state index contributed by atoms with van der Waals surface area (Å²) in [6.07, 6.45) is 1.78. The molecule has 3 aliphatic rings. The van der Waals surface area contributed by atoms with Crippen molar-refractivity contribution in [2.24, 2.45) is 0 Å². The van der Waals surface area contributed by atoms with E-state index >= 15 is 0 Å². The summed E-state index contributed by atoms with van der Waals surface area (Å²) in [6.45, 7) is 2.82. The highest BCUT2D eigenvalue weighted by atomic mass is 16.5. The van der Waals surface area contributed by atoms with Crippen molar-refractivity contribution >= 4 is 18.0 Å². The molecule has 2 amide bonds. The SMILES string of the molecule is O=C(NC1(CC(=O)N2CCCC2C(=O)O)CCN(Cc2ccccc2)CC1)OCC1c2ccccc2-c2ccccc21. The van der Waals surface area contributed by atoms with Gasteiger partial charge in [-0.05, 0) is 53.5 Å². The van der Waals surface area contributed by atoms with Crippen molar-refractivity contribution in [1.29, 1.82) is 0 Å². The second-order valence-electron chi connectivity index (χ2n) is 11.8. The van der Waals surface area contributed by atoms with Crippen LogP contribution in [0.4, 0.5) is 4.79 Å². The molecular formula is C34H37N3O5. The predicted octanol–water partition coefficient (Wildman–Crippen LogP) is 5.03. The van der Waals surface area contributed by atoms with Gasteiger partial charge in [-0.1, -0.05) is 78.9 Å². The quantitative estimate of drug-likeness (QED) is 0.396. The molecule has 218 valence electrons. The van der Waals surface area contributed by atoms with Gasteiger partial charge in [0, 0.05) is 32.1 Å². The Kier molecular flexibility index (Phi) is 7.98. The molecule has 2 saturated heterocycles. The van der Waals surface area contributed by atoms with Crippen LogP contribution in [-0.4, -0.2) is 70.7 Å². The Morgan fingerprint density at radius 2 is 1.48 bits per heavy atom. The van der Waals surface area contributed by atoms with Crippen LogP contribution < -0.4 is 5.32 Å². The van der Waals surface area contributed by atoms with E-state index in [4.69, 9.17) is 4.74 Å². The highest BCUT2D eigenvalue weighted by Gasteiger charge is 2.42. The van der Waals surface area contributed by atoms with Crippen molar-refractivity contribution in [1.82, 2.24) is 15.1 Å². The van der Waals surface area contributed by atoms with E-state index in [2.05, 4.69) is 46.6 Å². The lowest BCUT2D eigenvalue weighted by molar-refractivity contribution is -0.149. The summed E-state index contributed by atoms with van der Waals surface area (Å²) in [4.78, 5) is 42.4. The number of carboxylic acids is 1. The van der Waals surface area contributed by atoms with Crippen LogP contribution in [0.5, 0.6) is 0 Å². The van der Waals surface area contributed by atoms with E-state index in [9.17, 15) is 19.5 Å². The maximum Gasteiger partial charge on any atom is 0.407 e. The number of likely N-dealkylation sites (tertiary alicyclic amines) is 2. The summed E-state index contributed by atoms with van der Waals surface area (Å²) in [5.41, 5.74) is 5.01. The van der Waals surface area contributed by atoms with Crippen molar-refractivity contribution in [3.05, 3.63) is 95.6 Å². The highest BCUT2D eigenvalue weighted by Crippen LogP contribution is 2.44. The van der Waals surface area contributed by atoms with Gasteiger partial charge in [-0.2, -0.15) is 0 Å². The molecule has 0 radical (unpaired) electrons. The third kappa shape index (κ3) is 5.77. The minimum absolute atomic E-state index is 0.0557. The van der Waals surface area contributed by atoms with Gasteiger partial charge in [-0.15, -0.1) is 0 Å². The third-order valence-corrected chi connectivity index (χ3v) is 9.12. The smallest absolute Gasteiger partial charge is 0.407 e. The molecule has 3 aromatic carbocycles. The van der Waals surface area contributed by atoms with Gasteiger partial charge >= 0.3 is 12.1 Å². The zero-order valence-electron chi connectivity index (χ0n) is 23.7. The monoisotopic (exact) mass is 567 g/mol. The summed E-state index contributed by atoms with van der Waals surface area (Å²) in [5, 5.41) is 12.8. The van der Waals surface area contributed by atoms with E-state index in [0.29, 0.717) is 45.3 Å². The minimum Gasteiger partial charge on any atom is -0.480 e. The molecule has 0 spiro atoms. The fraction of sp³-hybridized carbons (Fsp3) is 0.382. The number of rotatable bonds is 8.